The molecule has 14 nitrogen and oxygen atoms in total. The van der Waals surface area contributed by atoms with Crippen LogP contribution in [0.5, 0.6) is 5.75 Å². The molecule has 0 spiro atoms. The van der Waals surface area contributed by atoms with E-state index in [1.807, 2.05) is 0 Å². The molecule has 0 bridgehead atoms. The molecule has 0 aromatic heterocycles. The predicted octanol–water partition coefficient (Wildman–Crippen LogP) is 2.45. The summed E-state index contributed by atoms with van der Waals surface area (Å²) in [4.78, 5) is 36.8. The smallest absolute Gasteiger partial charge is 0.261 e. The first-order chi connectivity index (χ1) is 23.6. The lowest BCUT2D eigenvalue weighted by molar-refractivity contribution is -0.114. The van der Waals surface area contributed by atoms with Crippen molar-refractivity contribution in [1.29, 1.82) is 0 Å². The Hall–Kier alpha value is -3.47. The highest BCUT2D eigenvalue weighted by Crippen LogP contribution is 2.22. The molecule has 1 N–H and O–H groups in total. The molecule has 0 atom stereocenters. The largest absolute Gasteiger partial charge is 0.491 e. The number of hydrogen-bond donors (Lipinski definition) is 1. The van der Waals surface area contributed by atoms with Crippen LogP contribution in [-0.4, -0.2) is 141 Å². The molecule has 1 heterocycles. The summed E-state index contributed by atoms with van der Waals surface area (Å²) >= 11 is 0. The van der Waals surface area contributed by atoms with E-state index in [2.05, 4.69) is 5.32 Å². The molecular weight excluding hydrogens is 628 g/mol. The maximum atomic E-state index is 12.3. The second-order valence-corrected chi connectivity index (χ2v) is 10.3. The minimum Gasteiger partial charge on any atom is -0.491 e. The number of carbonyl (C=O) groups is 3. The number of nitrogens with one attached hydrogen (secondary N) is 1. The highest BCUT2D eigenvalue weighted by atomic mass is 16.6. The number of nitrogens with zero attached hydrogens (tertiary/aromatic N) is 1. The molecule has 2 aromatic rings. The van der Waals surface area contributed by atoms with Gasteiger partial charge in [0.1, 0.15) is 12.4 Å². The average molecular weight is 677 g/mol. The van der Waals surface area contributed by atoms with Gasteiger partial charge in [0, 0.05) is 12.6 Å². The van der Waals surface area contributed by atoms with Crippen LogP contribution in [0.3, 0.4) is 0 Å². The molecule has 3 rings (SSSR count). The van der Waals surface area contributed by atoms with Crippen molar-refractivity contribution in [2.45, 2.75) is 6.92 Å². The first-order valence-electron chi connectivity index (χ1n) is 16.1. The van der Waals surface area contributed by atoms with Crippen molar-refractivity contribution >= 4 is 23.4 Å². The third-order valence-corrected chi connectivity index (χ3v) is 6.61. The van der Waals surface area contributed by atoms with Gasteiger partial charge in [0.2, 0.25) is 5.91 Å². The van der Waals surface area contributed by atoms with E-state index < -0.39 is 0 Å². The summed E-state index contributed by atoms with van der Waals surface area (Å²) in [5.41, 5.74) is 1.60. The van der Waals surface area contributed by atoms with E-state index in [4.69, 9.17) is 42.6 Å². The van der Waals surface area contributed by atoms with Crippen LogP contribution in [0.15, 0.2) is 48.5 Å². The van der Waals surface area contributed by atoms with Crippen molar-refractivity contribution in [3.05, 3.63) is 59.7 Å². The van der Waals surface area contributed by atoms with E-state index in [1.165, 1.54) is 11.8 Å². The standard InChI is InChI=1S/C34H48N2O12/c1-28(37)35-29-6-8-30(9-7-29)48-27-26-47-25-24-46-23-22-45-21-20-44-19-18-43-17-16-42-15-14-41-13-12-40-11-10-36-33(38)31-4-2-3-5-32(31)34(36)39/h2-9H,10-27H2,1H3,(H,35,37). The fraction of sp³-hybridized carbons (Fsp3) is 0.559. The molecule has 266 valence electrons. The third kappa shape index (κ3) is 16.1. The number of amides is 3. The molecule has 1 aliphatic rings. The van der Waals surface area contributed by atoms with Crippen LogP contribution in [0, 0.1) is 0 Å². The summed E-state index contributed by atoms with van der Waals surface area (Å²) in [7, 11) is 0. The fourth-order valence-corrected chi connectivity index (χ4v) is 4.30. The van der Waals surface area contributed by atoms with Gasteiger partial charge in [-0.3, -0.25) is 19.3 Å². The van der Waals surface area contributed by atoms with E-state index in [0.717, 1.165) is 5.69 Å². The Morgan fingerprint density at radius 2 is 0.875 bits per heavy atom. The van der Waals surface area contributed by atoms with Crippen LogP contribution >= 0.6 is 0 Å². The zero-order valence-electron chi connectivity index (χ0n) is 27.7. The highest BCUT2D eigenvalue weighted by Gasteiger charge is 2.34. The number of imide groups is 1. The van der Waals surface area contributed by atoms with Crippen LogP contribution in [0.2, 0.25) is 0 Å². The Balaban J connectivity index is 0.956. The Kier molecular flexibility index (Phi) is 20.0. The minimum absolute atomic E-state index is 0.113. The summed E-state index contributed by atoms with van der Waals surface area (Å²) in [6, 6.07) is 14.0. The Morgan fingerprint density at radius 1 is 0.521 bits per heavy atom. The van der Waals surface area contributed by atoms with E-state index in [9.17, 15) is 14.4 Å². The molecule has 3 amide bonds. The summed E-state index contributed by atoms with van der Waals surface area (Å²) in [6.07, 6.45) is 0. The summed E-state index contributed by atoms with van der Waals surface area (Å²) in [5, 5.41) is 2.70. The summed E-state index contributed by atoms with van der Waals surface area (Å²) in [5.74, 6) is 0.0344. The van der Waals surface area contributed by atoms with E-state index in [1.54, 1.807) is 48.5 Å². The number of hydrogen-bond acceptors (Lipinski definition) is 12. The number of anilines is 1. The molecule has 2 aromatic carbocycles. The van der Waals surface area contributed by atoms with Gasteiger partial charge in [-0.1, -0.05) is 12.1 Å². The monoisotopic (exact) mass is 676 g/mol. The third-order valence-electron chi connectivity index (χ3n) is 6.61. The predicted molar refractivity (Wildman–Crippen MR) is 175 cm³/mol. The summed E-state index contributed by atoms with van der Waals surface area (Å²) < 4.78 is 49.4. The van der Waals surface area contributed by atoms with Gasteiger partial charge < -0.3 is 47.9 Å². The van der Waals surface area contributed by atoms with Crippen molar-refractivity contribution in [3.8, 4) is 5.75 Å². The first-order valence-corrected chi connectivity index (χ1v) is 16.1. The Morgan fingerprint density at radius 3 is 1.25 bits per heavy atom. The Labute approximate surface area is 281 Å². The molecular formula is C34H48N2O12. The van der Waals surface area contributed by atoms with Crippen molar-refractivity contribution < 1.29 is 57.0 Å². The SMILES string of the molecule is CC(=O)Nc1ccc(OCCOCCOCCOCCOCCOCCOCCOCCOCCN2C(=O)c3ccccc3C2=O)cc1. The van der Waals surface area contributed by atoms with Gasteiger partial charge in [-0.25, -0.2) is 0 Å². The van der Waals surface area contributed by atoms with Crippen molar-refractivity contribution in [1.82, 2.24) is 4.90 Å². The molecule has 0 fully saturated rings. The molecule has 0 saturated heterocycles. The number of fused-ring (bicyclic) bond motifs is 1. The number of benzene rings is 2. The van der Waals surface area contributed by atoms with Crippen LogP contribution in [0.25, 0.3) is 0 Å². The van der Waals surface area contributed by atoms with Crippen LogP contribution < -0.4 is 10.1 Å². The minimum atomic E-state index is -0.281. The van der Waals surface area contributed by atoms with Crippen molar-refractivity contribution in [2.75, 3.05) is 124 Å². The van der Waals surface area contributed by atoms with Crippen LogP contribution in [0.1, 0.15) is 27.6 Å². The quantitative estimate of drug-likeness (QED) is 0.0997. The van der Waals surface area contributed by atoms with Gasteiger partial charge in [0.25, 0.3) is 11.8 Å². The molecule has 48 heavy (non-hydrogen) atoms. The first kappa shape index (κ1) is 39.0. The molecule has 0 saturated carbocycles. The second kappa shape index (κ2) is 24.6. The zero-order valence-corrected chi connectivity index (χ0v) is 27.7. The lowest BCUT2D eigenvalue weighted by Gasteiger charge is -2.13. The maximum absolute atomic E-state index is 12.3. The lowest BCUT2D eigenvalue weighted by Crippen LogP contribution is -2.33. The average Bonchev–Trinajstić information content (AvgIpc) is 3.33. The summed E-state index contributed by atoms with van der Waals surface area (Å²) in [6.45, 7) is 9.13. The van der Waals surface area contributed by atoms with Crippen molar-refractivity contribution in [3.63, 3.8) is 0 Å². The Bertz CT molecular complexity index is 1160. The van der Waals surface area contributed by atoms with Crippen molar-refractivity contribution in [2.24, 2.45) is 0 Å². The van der Waals surface area contributed by atoms with Gasteiger partial charge in [-0.05, 0) is 36.4 Å². The van der Waals surface area contributed by atoms with Gasteiger partial charge >= 0.3 is 0 Å². The van der Waals surface area contributed by atoms with Gasteiger partial charge in [-0.2, -0.15) is 0 Å². The topological polar surface area (TPSA) is 150 Å². The van der Waals surface area contributed by atoms with Gasteiger partial charge in [-0.15, -0.1) is 0 Å². The van der Waals surface area contributed by atoms with E-state index in [0.29, 0.717) is 123 Å². The maximum Gasteiger partial charge on any atom is 0.261 e. The highest BCUT2D eigenvalue weighted by molar-refractivity contribution is 6.21. The number of rotatable bonds is 29. The van der Waals surface area contributed by atoms with E-state index >= 15 is 0 Å². The molecule has 0 unspecified atom stereocenters. The van der Waals surface area contributed by atoms with Crippen LogP contribution in [0.4, 0.5) is 5.69 Å². The normalized spacial score (nSPS) is 12.5. The van der Waals surface area contributed by atoms with E-state index in [-0.39, 0.29) is 30.9 Å². The lowest BCUT2D eigenvalue weighted by atomic mass is 10.1. The molecule has 0 radical (unpaired) electrons. The van der Waals surface area contributed by atoms with Crippen LogP contribution in [-0.2, 0) is 42.7 Å². The van der Waals surface area contributed by atoms with Gasteiger partial charge in [0.05, 0.1) is 123 Å². The second-order valence-electron chi connectivity index (χ2n) is 10.3. The molecule has 14 heteroatoms. The number of carbonyl (C=O) groups excluding carboxylic acids is 3. The molecule has 1 aliphatic heterocycles. The zero-order chi connectivity index (χ0) is 34.1. The number of ether oxygens (including phenoxy) is 9. The van der Waals surface area contributed by atoms with Gasteiger partial charge in [0.15, 0.2) is 0 Å². The fourth-order valence-electron chi connectivity index (χ4n) is 4.30. The molecule has 0 aliphatic carbocycles.